The van der Waals surface area contributed by atoms with Gasteiger partial charge in [-0.15, -0.1) is 22.7 Å². The summed E-state index contributed by atoms with van der Waals surface area (Å²) >= 11 is 2.94. The minimum absolute atomic E-state index is 0.0339. The van der Waals surface area contributed by atoms with Crippen LogP contribution in [-0.4, -0.2) is 37.9 Å². The van der Waals surface area contributed by atoms with Gasteiger partial charge in [-0.05, 0) is 37.3 Å². The molecule has 0 fully saturated rings. The number of thiophene rings is 1. The van der Waals surface area contributed by atoms with E-state index in [1.165, 1.54) is 54.6 Å². The molecule has 2 aromatic heterocycles. The van der Waals surface area contributed by atoms with E-state index in [0.29, 0.717) is 5.13 Å². The van der Waals surface area contributed by atoms with Gasteiger partial charge in [0.1, 0.15) is 0 Å². The minimum atomic E-state index is -3.83. The first-order chi connectivity index (χ1) is 12.8. The molecule has 0 bridgehead atoms. The molecule has 142 valence electrons. The number of thiazole rings is 1. The quantitative estimate of drug-likeness (QED) is 0.612. The van der Waals surface area contributed by atoms with Gasteiger partial charge in [0.2, 0.25) is 0 Å². The zero-order valence-electron chi connectivity index (χ0n) is 14.8. The van der Waals surface area contributed by atoms with Crippen LogP contribution in [0.4, 0.5) is 5.13 Å². The fraction of sp³-hybridized carbons (Fsp3) is 0.176. The molecule has 0 radical (unpaired) electrons. The molecule has 0 saturated carbocycles. The molecule has 0 aliphatic heterocycles. The van der Waals surface area contributed by atoms with E-state index in [2.05, 4.69) is 10.3 Å². The van der Waals surface area contributed by atoms with Crippen LogP contribution in [0.15, 0.2) is 46.7 Å². The number of aryl methyl sites for hydroxylation is 1. The van der Waals surface area contributed by atoms with E-state index < -0.39 is 15.9 Å². The average Bonchev–Trinajstić information content (AvgIpc) is 3.29. The molecule has 27 heavy (non-hydrogen) atoms. The number of rotatable bonds is 6. The highest BCUT2D eigenvalue weighted by atomic mass is 32.2. The first-order valence-corrected chi connectivity index (χ1v) is 10.9. The number of hydrogen-bond acceptors (Lipinski definition) is 7. The van der Waals surface area contributed by atoms with Crippen LogP contribution in [-0.2, 0) is 14.9 Å². The van der Waals surface area contributed by atoms with Crippen molar-refractivity contribution in [2.75, 3.05) is 19.5 Å². The van der Waals surface area contributed by atoms with Crippen LogP contribution in [0.1, 0.15) is 15.2 Å². The van der Waals surface area contributed by atoms with Crippen molar-refractivity contribution in [3.63, 3.8) is 0 Å². The molecule has 1 aromatic carbocycles. The zero-order valence-corrected chi connectivity index (χ0v) is 17.2. The monoisotopic (exact) mass is 423 g/mol. The molecular weight excluding hydrogens is 406 g/mol. The molecule has 0 aliphatic carbocycles. The third-order valence-electron chi connectivity index (χ3n) is 3.71. The first kappa shape index (κ1) is 19.6. The van der Waals surface area contributed by atoms with E-state index in [1.54, 1.807) is 11.3 Å². The molecule has 0 spiro atoms. The van der Waals surface area contributed by atoms with E-state index in [1.807, 2.05) is 24.4 Å². The normalized spacial score (nSPS) is 11.7. The third kappa shape index (κ3) is 4.25. The fourth-order valence-electron chi connectivity index (χ4n) is 2.23. The lowest BCUT2D eigenvalue weighted by Crippen LogP contribution is -2.26. The van der Waals surface area contributed by atoms with Gasteiger partial charge in [0.05, 0.1) is 22.6 Å². The summed E-state index contributed by atoms with van der Waals surface area (Å²) in [5.41, 5.74) is 1.01. The lowest BCUT2D eigenvalue weighted by molar-refractivity contribution is -0.0258. The van der Waals surface area contributed by atoms with Gasteiger partial charge >= 0.3 is 0 Å². The standard InChI is InChI=1S/C17H17N3O4S3/c1-11-7-8-15(26-11)14-10-25-17(18-14)19-16(21)12-5-4-6-13(9-12)27(22,23)20(2)24-3/h4-10H,1-3H3,(H,18,19,21). The summed E-state index contributed by atoms with van der Waals surface area (Å²) < 4.78 is 25.4. The molecule has 2 heterocycles. The van der Waals surface area contributed by atoms with Gasteiger partial charge in [-0.3, -0.25) is 14.9 Å². The number of amides is 1. The van der Waals surface area contributed by atoms with Crippen molar-refractivity contribution in [3.8, 4) is 10.6 Å². The maximum atomic E-state index is 12.5. The predicted octanol–water partition coefficient (Wildman–Crippen LogP) is 3.61. The maximum absolute atomic E-state index is 12.5. The van der Waals surface area contributed by atoms with Gasteiger partial charge in [-0.2, -0.15) is 0 Å². The lowest BCUT2D eigenvalue weighted by Gasteiger charge is -2.14. The van der Waals surface area contributed by atoms with Crippen molar-refractivity contribution in [3.05, 3.63) is 52.2 Å². The summed E-state index contributed by atoms with van der Waals surface area (Å²) in [7, 11) is -1.29. The summed E-state index contributed by atoms with van der Waals surface area (Å²) in [5.74, 6) is -0.435. The molecule has 0 aliphatic rings. The van der Waals surface area contributed by atoms with Gasteiger partial charge in [0.15, 0.2) is 5.13 Å². The number of hydroxylamine groups is 1. The number of hydrogen-bond donors (Lipinski definition) is 1. The Morgan fingerprint density at radius 3 is 2.70 bits per heavy atom. The first-order valence-electron chi connectivity index (χ1n) is 7.78. The van der Waals surface area contributed by atoms with E-state index in [-0.39, 0.29) is 10.5 Å². The Balaban J connectivity index is 1.79. The van der Waals surface area contributed by atoms with Gasteiger partial charge in [0, 0.05) is 22.9 Å². The van der Waals surface area contributed by atoms with Crippen molar-refractivity contribution in [2.45, 2.75) is 11.8 Å². The number of benzene rings is 1. The Bertz CT molecular complexity index is 1070. The number of carbonyl (C=O) groups excluding carboxylic acids is 1. The molecule has 3 rings (SSSR count). The second kappa shape index (κ2) is 7.87. The number of nitrogens with zero attached hydrogens (tertiary/aromatic N) is 2. The molecule has 3 aromatic rings. The highest BCUT2D eigenvalue weighted by Crippen LogP contribution is 2.30. The Kier molecular flexibility index (Phi) is 5.72. The van der Waals surface area contributed by atoms with E-state index in [4.69, 9.17) is 4.84 Å². The van der Waals surface area contributed by atoms with Crippen LogP contribution < -0.4 is 5.32 Å². The van der Waals surface area contributed by atoms with Crippen LogP contribution in [0.3, 0.4) is 0 Å². The summed E-state index contributed by atoms with van der Waals surface area (Å²) in [6.45, 7) is 2.02. The van der Waals surface area contributed by atoms with Crippen molar-refractivity contribution in [2.24, 2.45) is 0 Å². The summed E-state index contributed by atoms with van der Waals surface area (Å²) in [4.78, 5) is 23.8. The summed E-state index contributed by atoms with van der Waals surface area (Å²) in [6.07, 6.45) is 0. The fourth-order valence-corrected chi connectivity index (χ4v) is 4.86. The van der Waals surface area contributed by atoms with Crippen molar-refractivity contribution in [1.82, 2.24) is 9.45 Å². The predicted molar refractivity (Wildman–Crippen MR) is 107 cm³/mol. The second-order valence-electron chi connectivity index (χ2n) is 5.53. The number of carbonyl (C=O) groups is 1. The molecule has 1 amide bonds. The molecule has 1 N–H and O–H groups in total. The third-order valence-corrected chi connectivity index (χ3v) is 7.16. The number of nitrogens with one attached hydrogen (secondary N) is 1. The smallest absolute Gasteiger partial charge is 0.264 e. The zero-order chi connectivity index (χ0) is 19.6. The molecule has 10 heteroatoms. The average molecular weight is 424 g/mol. The second-order valence-corrected chi connectivity index (χ2v) is 9.61. The van der Waals surface area contributed by atoms with Crippen LogP contribution in [0.25, 0.3) is 10.6 Å². The number of aromatic nitrogens is 1. The van der Waals surface area contributed by atoms with Gasteiger partial charge in [-0.25, -0.2) is 13.4 Å². The van der Waals surface area contributed by atoms with Crippen molar-refractivity contribution in [1.29, 1.82) is 0 Å². The Morgan fingerprint density at radius 1 is 1.26 bits per heavy atom. The highest BCUT2D eigenvalue weighted by molar-refractivity contribution is 7.89. The maximum Gasteiger partial charge on any atom is 0.264 e. The molecule has 0 saturated heterocycles. The van der Waals surface area contributed by atoms with Crippen LogP contribution in [0.2, 0.25) is 0 Å². The largest absolute Gasteiger partial charge is 0.298 e. The topological polar surface area (TPSA) is 88.6 Å². The van der Waals surface area contributed by atoms with E-state index >= 15 is 0 Å². The van der Waals surface area contributed by atoms with Crippen LogP contribution in [0, 0.1) is 6.92 Å². The number of sulfonamides is 1. The van der Waals surface area contributed by atoms with Gasteiger partial charge in [0.25, 0.3) is 15.9 Å². The van der Waals surface area contributed by atoms with Gasteiger partial charge in [-0.1, -0.05) is 10.5 Å². The van der Waals surface area contributed by atoms with Crippen molar-refractivity contribution >= 4 is 43.7 Å². The van der Waals surface area contributed by atoms with E-state index in [0.717, 1.165) is 15.0 Å². The molecule has 7 nitrogen and oxygen atoms in total. The van der Waals surface area contributed by atoms with Gasteiger partial charge < -0.3 is 0 Å². The van der Waals surface area contributed by atoms with Crippen molar-refractivity contribution < 1.29 is 18.0 Å². The Labute approximate surface area is 165 Å². The highest BCUT2D eigenvalue weighted by Gasteiger charge is 2.22. The van der Waals surface area contributed by atoms with Crippen LogP contribution in [0.5, 0.6) is 0 Å². The summed E-state index contributed by atoms with van der Waals surface area (Å²) in [6, 6.07) is 9.76. The molecule has 0 unspecified atom stereocenters. The molecular formula is C17H17N3O4S3. The lowest BCUT2D eigenvalue weighted by atomic mass is 10.2. The molecule has 0 atom stereocenters. The van der Waals surface area contributed by atoms with E-state index in [9.17, 15) is 13.2 Å². The minimum Gasteiger partial charge on any atom is -0.298 e. The van der Waals surface area contributed by atoms with Crippen LogP contribution >= 0.6 is 22.7 Å². The SMILES string of the molecule is CON(C)S(=O)(=O)c1cccc(C(=O)Nc2nc(-c3ccc(C)s3)cs2)c1. The summed E-state index contributed by atoms with van der Waals surface area (Å²) in [5, 5.41) is 5.03. The number of anilines is 1. The Hall–Kier alpha value is -2.11. The Morgan fingerprint density at radius 2 is 2.04 bits per heavy atom.